The highest BCUT2D eigenvalue weighted by Gasteiger charge is 2.49. The number of nitrogens with one attached hydrogen (secondary N) is 1. The third-order valence-electron chi connectivity index (χ3n) is 10.6. The van der Waals surface area contributed by atoms with E-state index in [0.717, 1.165) is 0 Å². The summed E-state index contributed by atoms with van der Waals surface area (Å²) >= 11 is 0. The number of benzene rings is 2. The van der Waals surface area contributed by atoms with Gasteiger partial charge in [0.05, 0.1) is 35.1 Å². The average Bonchev–Trinajstić information content (AvgIpc) is 3.33. The third-order valence-corrected chi connectivity index (χ3v) is 10.6. The first-order valence-corrected chi connectivity index (χ1v) is 16.8. The highest BCUT2D eigenvalue weighted by molar-refractivity contribution is 6.21. The molecule has 12 nitrogen and oxygen atoms in total. The number of carbonyl (C=O) groups excluding carboxylic acids is 2. The van der Waals surface area contributed by atoms with E-state index in [4.69, 9.17) is 14.2 Å². The van der Waals surface area contributed by atoms with Crippen LogP contribution in [0.15, 0.2) is 42.2 Å². The molecule has 0 spiro atoms. The largest absolute Gasteiger partial charge is 0.507 e. The first kappa shape index (κ1) is 38.3. The fourth-order valence-corrected chi connectivity index (χ4v) is 6.64. The van der Waals surface area contributed by atoms with Gasteiger partial charge in [-0.25, -0.2) is 4.79 Å². The first-order chi connectivity index (χ1) is 23.3. The number of phenolic OH excluding ortho intramolecular Hbond substituents is 2. The number of ketones is 1. The van der Waals surface area contributed by atoms with Crippen molar-refractivity contribution < 1.29 is 54.1 Å². The molecule has 0 aromatic heterocycles. The smallest absolute Gasteiger partial charge is 0.341 e. The number of phenols is 2. The van der Waals surface area contributed by atoms with Gasteiger partial charge in [-0.2, -0.15) is 0 Å². The molecule has 2 aromatic rings. The molecule has 0 fully saturated rings. The number of hydrogen-bond acceptors (Lipinski definition) is 10. The molecular formula is C38H49NO11. The topological polar surface area (TPSA) is 192 Å². The number of aliphatic carboxylic acids is 1. The Hall–Kier alpha value is -4.55. The average molecular weight is 696 g/mol. The number of fused-ring (bicyclic) bond motifs is 14. The van der Waals surface area contributed by atoms with Gasteiger partial charge in [-0.3, -0.25) is 9.59 Å². The van der Waals surface area contributed by atoms with Crippen LogP contribution in [0.3, 0.4) is 0 Å². The quantitative estimate of drug-likeness (QED) is 0.212. The summed E-state index contributed by atoms with van der Waals surface area (Å²) in [6, 6.07) is 1.18. The number of hydrogen-bond donors (Lipinski definition) is 6. The van der Waals surface area contributed by atoms with Crippen molar-refractivity contribution >= 4 is 34.1 Å². The summed E-state index contributed by atoms with van der Waals surface area (Å²) in [6.07, 6.45) is 6.34. The Balaban J connectivity index is 1.90. The number of carboxylic acid groups (broad SMARTS) is 1. The second-order valence-electron chi connectivity index (χ2n) is 14.0. The minimum atomic E-state index is -1.90. The van der Waals surface area contributed by atoms with Crippen LogP contribution in [0.25, 0.3) is 10.8 Å². The van der Waals surface area contributed by atoms with Gasteiger partial charge in [0.2, 0.25) is 0 Å². The number of anilines is 1. The summed E-state index contributed by atoms with van der Waals surface area (Å²) in [6.45, 7) is 15.2. The molecule has 0 aliphatic carbocycles. The maximum atomic E-state index is 14.1. The number of carboxylic acids is 1. The van der Waals surface area contributed by atoms with Crippen LogP contribution in [0.5, 0.6) is 23.0 Å². The van der Waals surface area contributed by atoms with E-state index in [1.807, 2.05) is 27.7 Å². The van der Waals surface area contributed by atoms with E-state index >= 15 is 0 Å². The van der Waals surface area contributed by atoms with Gasteiger partial charge in [0.25, 0.3) is 11.7 Å². The molecule has 6 N–H and O–H groups in total. The van der Waals surface area contributed by atoms with Gasteiger partial charge in [0, 0.05) is 41.3 Å². The van der Waals surface area contributed by atoms with E-state index in [0.29, 0.717) is 0 Å². The number of allylic oxidation sites excluding steroid dienone is 3. The molecule has 5 bridgehead atoms. The molecule has 0 unspecified atom stereocenters. The Labute approximate surface area is 292 Å². The predicted molar refractivity (Wildman–Crippen MR) is 187 cm³/mol. The number of rotatable bonds is 3. The molecule has 50 heavy (non-hydrogen) atoms. The van der Waals surface area contributed by atoms with Crippen molar-refractivity contribution in [1.82, 2.24) is 0 Å². The van der Waals surface area contributed by atoms with Crippen LogP contribution in [0.4, 0.5) is 5.69 Å². The lowest BCUT2D eigenvalue weighted by atomic mass is 9.72. The number of aromatic hydroxyl groups is 2. The van der Waals surface area contributed by atoms with Crippen LogP contribution < -0.4 is 14.8 Å². The first-order valence-electron chi connectivity index (χ1n) is 16.8. The summed E-state index contributed by atoms with van der Waals surface area (Å²) in [5.74, 6) is -6.87. The van der Waals surface area contributed by atoms with Crippen molar-refractivity contribution in [1.29, 1.82) is 0 Å². The third kappa shape index (κ3) is 7.18. The highest BCUT2D eigenvalue weighted by atomic mass is 16.7. The minimum Gasteiger partial charge on any atom is -0.507 e. The Bertz CT molecular complexity index is 1760. The number of aliphatic hydroxyl groups excluding tert-OH is 2. The Morgan fingerprint density at radius 1 is 0.900 bits per heavy atom. The van der Waals surface area contributed by atoms with Gasteiger partial charge in [0.1, 0.15) is 17.2 Å². The molecule has 272 valence electrons. The molecule has 2 aromatic carbocycles. The summed E-state index contributed by atoms with van der Waals surface area (Å²) in [5, 5.41) is 56.8. The monoisotopic (exact) mass is 695 g/mol. The van der Waals surface area contributed by atoms with Crippen LogP contribution in [-0.2, 0) is 14.3 Å². The second-order valence-corrected chi connectivity index (χ2v) is 14.0. The molecule has 3 heterocycles. The van der Waals surface area contributed by atoms with Crippen LogP contribution >= 0.6 is 0 Å². The SMILES string of the molecule is C/C1=C/C=C/[C@H](C)[C@H](O)[C@@H](C)[C@@H](O)[C@@H](C)[C@H](C)[C@H](C)[C@@H](C)/C=C/O[C@@]2(C)Oc3c(C)c(O)c4c(O)c(cc(OCC(=O)O)c4c3C2=O)NC1=O. The molecule has 3 aliphatic heterocycles. The number of carbonyl (C=O) groups is 3. The van der Waals surface area contributed by atoms with Crippen molar-refractivity contribution in [2.24, 2.45) is 35.5 Å². The van der Waals surface area contributed by atoms with Crippen molar-refractivity contribution in [3.8, 4) is 23.0 Å². The highest BCUT2D eigenvalue weighted by Crippen LogP contribution is 2.54. The van der Waals surface area contributed by atoms with Crippen molar-refractivity contribution in [2.45, 2.75) is 80.3 Å². The summed E-state index contributed by atoms with van der Waals surface area (Å²) < 4.78 is 17.6. The normalized spacial score (nSPS) is 33.2. The second kappa shape index (κ2) is 14.7. The van der Waals surface area contributed by atoms with E-state index < -0.39 is 59.7 Å². The Morgan fingerprint density at radius 2 is 1.56 bits per heavy atom. The maximum Gasteiger partial charge on any atom is 0.341 e. The van der Waals surface area contributed by atoms with Crippen molar-refractivity contribution in [3.05, 3.63) is 53.3 Å². The van der Waals surface area contributed by atoms with Gasteiger partial charge in [0.15, 0.2) is 12.4 Å². The number of amides is 1. The van der Waals surface area contributed by atoms with Gasteiger partial charge in [-0.05, 0) is 43.6 Å². The molecule has 1 amide bonds. The van der Waals surface area contributed by atoms with Gasteiger partial charge >= 0.3 is 11.8 Å². The van der Waals surface area contributed by atoms with Gasteiger partial charge in [-0.1, -0.05) is 59.8 Å². The molecular weight excluding hydrogens is 646 g/mol. The summed E-state index contributed by atoms with van der Waals surface area (Å²) in [7, 11) is 0. The molecule has 9 atom stereocenters. The molecule has 5 rings (SSSR count). The van der Waals surface area contributed by atoms with Crippen molar-refractivity contribution in [3.63, 3.8) is 0 Å². The van der Waals surface area contributed by atoms with E-state index in [-0.39, 0.29) is 74.2 Å². The lowest BCUT2D eigenvalue weighted by Crippen LogP contribution is -2.40. The number of ether oxygens (including phenoxy) is 3. The van der Waals surface area contributed by atoms with Crippen LogP contribution in [0.2, 0.25) is 0 Å². The summed E-state index contributed by atoms with van der Waals surface area (Å²) in [5.41, 5.74) is -0.00278. The van der Waals surface area contributed by atoms with Crippen LogP contribution in [0, 0.1) is 42.4 Å². The maximum absolute atomic E-state index is 14.1. The number of Topliss-reactive ketones (excluding diaryl/α,β-unsaturated/α-hetero) is 1. The fraction of sp³-hybridized carbons (Fsp3) is 0.500. The van der Waals surface area contributed by atoms with E-state index in [1.165, 1.54) is 39.2 Å². The van der Waals surface area contributed by atoms with Crippen molar-refractivity contribution in [2.75, 3.05) is 11.9 Å². The van der Waals surface area contributed by atoms with Gasteiger partial charge < -0.3 is 45.1 Å². The van der Waals surface area contributed by atoms with E-state index in [9.17, 15) is 39.9 Å². The fourth-order valence-electron chi connectivity index (χ4n) is 6.64. The summed E-state index contributed by atoms with van der Waals surface area (Å²) in [4.78, 5) is 38.9. The zero-order chi connectivity index (χ0) is 37.4. The standard InChI is InChI=1S/C38H49NO11/c1-17-13-14-49-38(9)36(46)30-28-26(48-16-27(40)41)15-25(34(45)29(28)33(44)24(8)35(30)50-38)39-37(47)19(3)12-10-11-18(2)31(42)23(7)32(43)22(6)21(5)20(17)4/h10-15,17-18,20-23,31-32,42-45H,16H2,1-9H3,(H,39,47)(H,40,41)/b11-10+,14-13+,19-12-/t17-,18-,20+,21+,22-,23+,31-,32-,38-/m0/s1. The Morgan fingerprint density at radius 3 is 2.20 bits per heavy atom. The number of aliphatic hydroxyl groups is 2. The van der Waals surface area contributed by atoms with E-state index in [1.54, 1.807) is 25.2 Å². The molecule has 0 saturated carbocycles. The van der Waals surface area contributed by atoms with Crippen LogP contribution in [-0.4, -0.2) is 67.8 Å². The van der Waals surface area contributed by atoms with Gasteiger partial charge in [-0.15, -0.1) is 0 Å². The molecule has 0 radical (unpaired) electrons. The van der Waals surface area contributed by atoms with Crippen LogP contribution in [0.1, 0.15) is 71.3 Å². The Kier molecular flexibility index (Phi) is 11.3. The lowest BCUT2D eigenvalue weighted by Gasteiger charge is -2.36. The predicted octanol–water partition coefficient (Wildman–Crippen LogP) is 5.84. The zero-order valence-corrected chi connectivity index (χ0v) is 30.0. The zero-order valence-electron chi connectivity index (χ0n) is 30.0. The molecule has 12 heteroatoms. The molecule has 3 aliphatic rings. The molecule has 0 saturated heterocycles. The van der Waals surface area contributed by atoms with E-state index in [2.05, 4.69) is 12.2 Å². The minimum absolute atomic E-state index is 0.0165. The lowest BCUT2D eigenvalue weighted by molar-refractivity contribution is -0.139.